The van der Waals surface area contributed by atoms with Crippen molar-refractivity contribution in [3.63, 3.8) is 0 Å². The van der Waals surface area contributed by atoms with Crippen molar-refractivity contribution in [2.24, 2.45) is 0 Å². The van der Waals surface area contributed by atoms with Gasteiger partial charge in [-0.3, -0.25) is 4.79 Å². The molecule has 0 radical (unpaired) electrons. The maximum atomic E-state index is 11.5. The molecule has 0 fully saturated rings. The van der Waals surface area contributed by atoms with E-state index in [4.69, 9.17) is 11.6 Å². The number of halogens is 1. The molecule has 1 aromatic rings. The van der Waals surface area contributed by atoms with Crippen molar-refractivity contribution >= 4 is 27.3 Å². The van der Waals surface area contributed by atoms with Gasteiger partial charge in [0.1, 0.15) is 5.75 Å². The van der Waals surface area contributed by atoms with Gasteiger partial charge in [0.05, 0.1) is 0 Å². The first kappa shape index (κ1) is 15.0. The molecule has 0 saturated heterocycles. The fourth-order valence-corrected chi connectivity index (χ4v) is 2.30. The summed E-state index contributed by atoms with van der Waals surface area (Å²) >= 11 is 5.77. The minimum atomic E-state index is -3.31. The number of hydrogen-bond donors (Lipinski definition) is 1. The number of carbonyl (C=O) groups excluding carboxylic acids is 1. The molecular weight excluding hydrogens is 274 g/mol. The van der Waals surface area contributed by atoms with Gasteiger partial charge in [-0.1, -0.05) is 30.3 Å². The quantitative estimate of drug-likeness (QED) is 0.795. The zero-order valence-electron chi connectivity index (χ0n) is 10.1. The maximum absolute atomic E-state index is 11.5. The van der Waals surface area contributed by atoms with Gasteiger partial charge < -0.3 is 5.32 Å². The Morgan fingerprint density at radius 1 is 1.33 bits per heavy atom. The lowest BCUT2D eigenvalue weighted by molar-refractivity contribution is -0.119. The highest BCUT2D eigenvalue weighted by atomic mass is 35.5. The van der Waals surface area contributed by atoms with E-state index in [0.29, 0.717) is 6.42 Å². The van der Waals surface area contributed by atoms with Crippen LogP contribution in [0.3, 0.4) is 0 Å². The van der Waals surface area contributed by atoms with Gasteiger partial charge >= 0.3 is 0 Å². The largest absolute Gasteiger partial charge is 0.351 e. The Balaban J connectivity index is 2.55. The average Bonchev–Trinajstić information content (AvgIpc) is 2.27. The number of amides is 1. The lowest BCUT2D eigenvalue weighted by atomic mass is 10.1. The van der Waals surface area contributed by atoms with E-state index in [9.17, 15) is 13.2 Å². The summed E-state index contributed by atoms with van der Waals surface area (Å²) in [5.74, 6) is -0.779. The lowest BCUT2D eigenvalue weighted by Crippen LogP contribution is -2.40. The molecular formula is C12H16ClNO3S. The van der Waals surface area contributed by atoms with Gasteiger partial charge in [0.15, 0.2) is 9.84 Å². The standard InChI is InChI=1S/C12H16ClNO3S/c1-18(16,17)9-12(15)14-11(8-13)7-10-5-3-2-4-6-10/h2-6,11H,7-9H2,1H3,(H,14,15). The van der Waals surface area contributed by atoms with Crippen LogP contribution in [0.5, 0.6) is 0 Å². The molecule has 0 spiro atoms. The number of hydrogen-bond acceptors (Lipinski definition) is 3. The van der Waals surface area contributed by atoms with Crippen LogP contribution in [0.2, 0.25) is 0 Å². The van der Waals surface area contributed by atoms with Crippen LogP contribution in [0.15, 0.2) is 30.3 Å². The van der Waals surface area contributed by atoms with Crippen LogP contribution in [-0.2, 0) is 21.1 Å². The van der Waals surface area contributed by atoms with E-state index in [2.05, 4.69) is 5.32 Å². The third-order valence-corrected chi connectivity index (χ3v) is 3.43. The minimum Gasteiger partial charge on any atom is -0.351 e. The summed E-state index contributed by atoms with van der Waals surface area (Å²) in [5, 5.41) is 2.62. The summed E-state index contributed by atoms with van der Waals surface area (Å²) in [6.45, 7) is 0. The zero-order valence-corrected chi connectivity index (χ0v) is 11.7. The molecule has 1 unspecified atom stereocenters. The Kier molecular flexibility index (Phi) is 5.62. The summed E-state index contributed by atoms with van der Waals surface area (Å²) in [5.41, 5.74) is 1.04. The Bertz CT molecular complexity index is 487. The highest BCUT2D eigenvalue weighted by Crippen LogP contribution is 2.04. The summed E-state index contributed by atoms with van der Waals surface area (Å²) in [7, 11) is -3.31. The number of rotatable bonds is 6. The smallest absolute Gasteiger partial charge is 0.235 e. The van der Waals surface area contributed by atoms with Crippen LogP contribution in [0.4, 0.5) is 0 Å². The van der Waals surface area contributed by atoms with Gasteiger partial charge in [-0.05, 0) is 12.0 Å². The Labute approximate surface area is 112 Å². The molecule has 0 aromatic heterocycles. The molecule has 1 amide bonds. The SMILES string of the molecule is CS(=O)(=O)CC(=O)NC(CCl)Cc1ccccc1. The van der Waals surface area contributed by atoms with Crippen molar-refractivity contribution < 1.29 is 13.2 Å². The van der Waals surface area contributed by atoms with Crippen LogP contribution in [0.25, 0.3) is 0 Å². The fourth-order valence-electron chi connectivity index (χ4n) is 1.55. The Morgan fingerprint density at radius 3 is 2.44 bits per heavy atom. The topological polar surface area (TPSA) is 63.2 Å². The Morgan fingerprint density at radius 2 is 1.94 bits per heavy atom. The maximum Gasteiger partial charge on any atom is 0.235 e. The first-order chi connectivity index (χ1) is 8.40. The number of nitrogens with one attached hydrogen (secondary N) is 1. The van der Waals surface area contributed by atoms with Gasteiger partial charge in [0.25, 0.3) is 0 Å². The van der Waals surface area contributed by atoms with Crippen molar-refractivity contribution in [2.75, 3.05) is 17.9 Å². The van der Waals surface area contributed by atoms with E-state index in [1.165, 1.54) is 0 Å². The van der Waals surface area contributed by atoms with Crippen molar-refractivity contribution in [2.45, 2.75) is 12.5 Å². The molecule has 6 heteroatoms. The molecule has 0 saturated carbocycles. The molecule has 18 heavy (non-hydrogen) atoms. The summed E-state index contributed by atoms with van der Waals surface area (Å²) in [6, 6.07) is 9.31. The lowest BCUT2D eigenvalue weighted by Gasteiger charge is -2.15. The molecule has 0 aliphatic carbocycles. The molecule has 100 valence electrons. The molecule has 0 aliphatic heterocycles. The van der Waals surface area contributed by atoms with Crippen molar-refractivity contribution in [3.8, 4) is 0 Å². The molecule has 1 rings (SSSR count). The summed E-state index contributed by atoms with van der Waals surface area (Å²) < 4.78 is 22.0. The second-order valence-electron chi connectivity index (χ2n) is 4.18. The van der Waals surface area contributed by atoms with Gasteiger partial charge in [0.2, 0.25) is 5.91 Å². The van der Waals surface area contributed by atoms with Crippen LogP contribution in [0.1, 0.15) is 5.56 Å². The average molecular weight is 290 g/mol. The van der Waals surface area contributed by atoms with Crippen LogP contribution in [0, 0.1) is 0 Å². The second-order valence-corrected chi connectivity index (χ2v) is 6.63. The Hall–Kier alpha value is -1.07. The highest BCUT2D eigenvalue weighted by molar-refractivity contribution is 7.91. The van der Waals surface area contributed by atoms with Crippen molar-refractivity contribution in [3.05, 3.63) is 35.9 Å². The van der Waals surface area contributed by atoms with Crippen LogP contribution < -0.4 is 5.32 Å². The molecule has 4 nitrogen and oxygen atoms in total. The van der Waals surface area contributed by atoms with Gasteiger partial charge in [-0.2, -0.15) is 0 Å². The predicted octanol–water partition coefficient (Wildman–Crippen LogP) is 0.997. The van der Waals surface area contributed by atoms with E-state index in [0.717, 1.165) is 11.8 Å². The van der Waals surface area contributed by atoms with E-state index in [1.54, 1.807) is 0 Å². The second kappa shape index (κ2) is 6.75. The molecule has 0 bridgehead atoms. The molecule has 0 heterocycles. The van der Waals surface area contributed by atoms with E-state index in [-0.39, 0.29) is 11.9 Å². The number of carbonyl (C=O) groups is 1. The number of sulfone groups is 1. The van der Waals surface area contributed by atoms with Crippen molar-refractivity contribution in [1.82, 2.24) is 5.32 Å². The van der Waals surface area contributed by atoms with E-state index >= 15 is 0 Å². The molecule has 0 aliphatic rings. The third kappa shape index (κ3) is 6.02. The monoisotopic (exact) mass is 289 g/mol. The first-order valence-corrected chi connectivity index (χ1v) is 8.07. The van der Waals surface area contributed by atoms with E-state index in [1.807, 2.05) is 30.3 Å². The zero-order chi connectivity index (χ0) is 13.6. The number of benzene rings is 1. The van der Waals surface area contributed by atoms with Gasteiger partial charge in [0, 0.05) is 18.2 Å². The first-order valence-electron chi connectivity index (χ1n) is 5.47. The minimum absolute atomic E-state index is 0.240. The third-order valence-electron chi connectivity index (χ3n) is 2.27. The predicted molar refractivity (Wildman–Crippen MR) is 72.5 cm³/mol. The van der Waals surface area contributed by atoms with Crippen molar-refractivity contribution in [1.29, 1.82) is 0 Å². The summed E-state index contributed by atoms with van der Waals surface area (Å²) in [6.07, 6.45) is 1.61. The van der Waals surface area contributed by atoms with Crippen LogP contribution in [-0.4, -0.2) is 38.3 Å². The fraction of sp³-hybridized carbons (Fsp3) is 0.417. The number of alkyl halides is 1. The highest BCUT2D eigenvalue weighted by Gasteiger charge is 2.15. The van der Waals surface area contributed by atoms with Gasteiger partial charge in [-0.15, -0.1) is 11.6 Å². The summed E-state index contributed by atoms with van der Waals surface area (Å²) in [4.78, 5) is 11.5. The molecule has 1 atom stereocenters. The molecule has 1 N–H and O–H groups in total. The van der Waals surface area contributed by atoms with Gasteiger partial charge in [-0.25, -0.2) is 8.42 Å². The van der Waals surface area contributed by atoms with E-state index < -0.39 is 21.5 Å². The van der Waals surface area contributed by atoms with Crippen LogP contribution >= 0.6 is 11.6 Å². The normalized spacial score (nSPS) is 13.0. The molecule has 1 aromatic carbocycles.